The summed E-state index contributed by atoms with van der Waals surface area (Å²) in [6, 6.07) is 1.82. The van der Waals surface area contributed by atoms with Gasteiger partial charge >= 0.3 is 0 Å². The molecule has 2 aromatic heterocycles. The molecule has 0 aliphatic heterocycles. The van der Waals surface area contributed by atoms with Gasteiger partial charge in [-0.1, -0.05) is 6.92 Å². The van der Waals surface area contributed by atoms with Crippen LogP contribution in [0.1, 0.15) is 29.5 Å². The summed E-state index contributed by atoms with van der Waals surface area (Å²) in [5.74, 6) is 0.454. The van der Waals surface area contributed by atoms with Crippen molar-refractivity contribution in [3.05, 3.63) is 37.4 Å². The molecule has 0 radical (unpaired) electrons. The molecular weight excluding hydrogens is 368 g/mol. The van der Waals surface area contributed by atoms with E-state index in [4.69, 9.17) is 0 Å². The van der Waals surface area contributed by atoms with Gasteiger partial charge in [0.25, 0.3) is 0 Å². The predicted octanol–water partition coefficient (Wildman–Crippen LogP) is 4.11. The van der Waals surface area contributed by atoms with Gasteiger partial charge in [0.2, 0.25) is 5.78 Å². The van der Waals surface area contributed by atoms with Gasteiger partial charge in [-0.3, -0.25) is 4.79 Å². The Kier molecular flexibility index (Phi) is 4.17. The van der Waals surface area contributed by atoms with E-state index in [1.807, 2.05) is 16.8 Å². The summed E-state index contributed by atoms with van der Waals surface area (Å²) >= 11 is 8.26. The van der Waals surface area contributed by atoms with E-state index in [1.54, 1.807) is 6.20 Å². The summed E-state index contributed by atoms with van der Waals surface area (Å²) in [6.45, 7) is 2.88. The first-order chi connectivity index (χ1) is 8.13. The highest BCUT2D eigenvalue weighted by Crippen LogP contribution is 2.33. The van der Waals surface area contributed by atoms with Crippen molar-refractivity contribution in [2.75, 3.05) is 0 Å². The van der Waals surface area contributed by atoms with Gasteiger partial charge in [-0.15, -0.1) is 11.3 Å². The lowest BCUT2D eigenvalue weighted by atomic mass is 10.2. The van der Waals surface area contributed by atoms with E-state index < -0.39 is 0 Å². The molecule has 0 saturated heterocycles. The molecule has 2 aromatic rings. The first kappa shape index (κ1) is 13.0. The molecule has 0 N–H and O–H groups in total. The van der Waals surface area contributed by atoms with Gasteiger partial charge in [-0.2, -0.15) is 0 Å². The monoisotopic (exact) mass is 376 g/mol. The van der Waals surface area contributed by atoms with E-state index in [9.17, 15) is 4.79 Å². The van der Waals surface area contributed by atoms with E-state index in [0.29, 0.717) is 11.4 Å². The molecule has 0 amide bonds. The van der Waals surface area contributed by atoms with Gasteiger partial charge in [-0.25, -0.2) is 4.98 Å². The van der Waals surface area contributed by atoms with Crippen molar-refractivity contribution >= 4 is 49.0 Å². The van der Waals surface area contributed by atoms with Crippen molar-refractivity contribution in [2.24, 2.45) is 0 Å². The van der Waals surface area contributed by atoms with E-state index in [1.165, 1.54) is 11.3 Å². The number of hydrogen-bond donors (Lipinski definition) is 0. The number of nitrogens with zero attached hydrogens (tertiary/aromatic N) is 2. The second-order valence-corrected chi connectivity index (χ2v) is 7.26. The maximum absolute atomic E-state index is 12.3. The third-order valence-corrected chi connectivity index (χ3v) is 4.62. The Bertz CT molecular complexity index is 547. The fourth-order valence-electron chi connectivity index (χ4n) is 1.56. The third kappa shape index (κ3) is 2.69. The molecule has 2 rings (SSSR count). The van der Waals surface area contributed by atoms with Gasteiger partial charge in [0.1, 0.15) is 0 Å². The normalized spacial score (nSPS) is 10.8. The minimum atomic E-state index is -0.0442. The number of imidazole rings is 1. The van der Waals surface area contributed by atoms with Crippen molar-refractivity contribution in [1.29, 1.82) is 0 Å². The molecule has 0 spiro atoms. The minimum Gasteiger partial charge on any atom is -0.328 e. The summed E-state index contributed by atoms with van der Waals surface area (Å²) in [6.07, 6.45) is 4.48. The van der Waals surface area contributed by atoms with Crippen LogP contribution in [0.5, 0.6) is 0 Å². The second kappa shape index (κ2) is 5.46. The van der Waals surface area contributed by atoms with Crippen molar-refractivity contribution in [1.82, 2.24) is 9.55 Å². The van der Waals surface area contributed by atoms with Gasteiger partial charge in [-0.05, 0) is 44.3 Å². The SMILES string of the molecule is CCCn1ccnc1C(=O)c1cc(Br)sc1Br. The molecule has 0 atom stereocenters. The Morgan fingerprint density at radius 1 is 1.53 bits per heavy atom. The topological polar surface area (TPSA) is 34.9 Å². The molecular formula is C11H10Br2N2OS. The molecule has 6 heteroatoms. The Labute approximate surface area is 120 Å². The van der Waals surface area contributed by atoms with E-state index in [-0.39, 0.29) is 5.78 Å². The fraction of sp³-hybridized carbons (Fsp3) is 0.273. The Morgan fingerprint density at radius 2 is 2.29 bits per heavy atom. The van der Waals surface area contributed by atoms with Crippen LogP contribution in [0.25, 0.3) is 0 Å². The lowest BCUT2D eigenvalue weighted by Gasteiger charge is -2.04. The largest absolute Gasteiger partial charge is 0.328 e. The number of halogens is 2. The van der Waals surface area contributed by atoms with Crippen LogP contribution in [0.4, 0.5) is 0 Å². The van der Waals surface area contributed by atoms with Crippen LogP contribution in [0.2, 0.25) is 0 Å². The molecule has 0 saturated carbocycles. The van der Waals surface area contributed by atoms with Gasteiger partial charge in [0, 0.05) is 18.9 Å². The number of carbonyl (C=O) groups is 1. The highest BCUT2D eigenvalue weighted by Gasteiger charge is 2.19. The number of ketones is 1. The maximum atomic E-state index is 12.3. The molecule has 3 nitrogen and oxygen atoms in total. The van der Waals surface area contributed by atoms with Crippen LogP contribution in [0, 0.1) is 0 Å². The molecule has 90 valence electrons. The third-order valence-electron chi connectivity index (χ3n) is 2.28. The zero-order valence-corrected chi connectivity index (χ0v) is 13.1. The summed E-state index contributed by atoms with van der Waals surface area (Å²) in [4.78, 5) is 16.5. The lowest BCUT2D eigenvalue weighted by molar-refractivity contribution is 0.102. The standard InChI is InChI=1S/C11H10Br2N2OS/c1-2-4-15-5-3-14-11(15)9(16)7-6-8(12)17-10(7)13/h3,5-6H,2,4H2,1H3. The van der Waals surface area contributed by atoms with Crippen LogP contribution in [-0.2, 0) is 6.54 Å². The average Bonchev–Trinajstić information content (AvgIpc) is 2.85. The number of aromatic nitrogens is 2. The summed E-state index contributed by atoms with van der Waals surface area (Å²) < 4.78 is 3.65. The fourth-order valence-corrected chi connectivity index (χ4v) is 4.35. The van der Waals surface area contributed by atoms with E-state index in [2.05, 4.69) is 43.8 Å². The van der Waals surface area contributed by atoms with Crippen LogP contribution >= 0.6 is 43.2 Å². The second-order valence-electron chi connectivity index (χ2n) is 3.51. The van der Waals surface area contributed by atoms with Crippen LogP contribution in [-0.4, -0.2) is 15.3 Å². The maximum Gasteiger partial charge on any atom is 0.230 e. The first-order valence-corrected chi connectivity index (χ1v) is 7.54. The lowest BCUT2D eigenvalue weighted by Crippen LogP contribution is -2.10. The predicted molar refractivity (Wildman–Crippen MR) is 75.7 cm³/mol. The molecule has 0 aliphatic rings. The Morgan fingerprint density at radius 3 is 2.88 bits per heavy atom. The van der Waals surface area contributed by atoms with Crippen molar-refractivity contribution < 1.29 is 4.79 Å². The van der Waals surface area contributed by atoms with Crippen molar-refractivity contribution in [2.45, 2.75) is 19.9 Å². The van der Waals surface area contributed by atoms with Gasteiger partial charge in [0.05, 0.1) is 13.1 Å². The number of carbonyl (C=O) groups excluding carboxylic acids is 1. The highest BCUT2D eigenvalue weighted by molar-refractivity contribution is 9.12. The zero-order valence-electron chi connectivity index (χ0n) is 9.11. The number of hydrogen-bond acceptors (Lipinski definition) is 3. The Balaban J connectivity index is 2.37. The number of rotatable bonds is 4. The van der Waals surface area contributed by atoms with Crippen LogP contribution in [0.3, 0.4) is 0 Å². The summed E-state index contributed by atoms with van der Waals surface area (Å²) in [5, 5.41) is 0. The van der Waals surface area contributed by atoms with Crippen molar-refractivity contribution in [3.63, 3.8) is 0 Å². The van der Waals surface area contributed by atoms with Gasteiger partial charge < -0.3 is 4.57 Å². The summed E-state index contributed by atoms with van der Waals surface area (Å²) in [5.41, 5.74) is 0.658. The molecule has 0 bridgehead atoms. The molecule has 0 unspecified atom stereocenters. The smallest absolute Gasteiger partial charge is 0.230 e. The number of aryl methyl sites for hydroxylation is 1. The Hall–Kier alpha value is -0.460. The highest BCUT2D eigenvalue weighted by atomic mass is 79.9. The first-order valence-electron chi connectivity index (χ1n) is 5.14. The van der Waals surface area contributed by atoms with E-state index in [0.717, 1.165) is 20.5 Å². The zero-order chi connectivity index (χ0) is 12.4. The molecule has 0 fully saturated rings. The minimum absolute atomic E-state index is 0.0442. The van der Waals surface area contributed by atoms with Crippen LogP contribution in [0.15, 0.2) is 26.0 Å². The number of thiophene rings is 1. The molecule has 0 aromatic carbocycles. The molecule has 17 heavy (non-hydrogen) atoms. The van der Waals surface area contributed by atoms with Gasteiger partial charge in [0.15, 0.2) is 5.82 Å². The quantitative estimate of drug-likeness (QED) is 0.751. The van der Waals surface area contributed by atoms with Crippen LogP contribution < -0.4 is 0 Å². The average molecular weight is 378 g/mol. The van der Waals surface area contributed by atoms with Crippen molar-refractivity contribution in [3.8, 4) is 0 Å². The van der Waals surface area contributed by atoms with E-state index >= 15 is 0 Å². The summed E-state index contributed by atoms with van der Waals surface area (Å²) in [7, 11) is 0. The molecule has 0 aliphatic carbocycles. The molecule has 2 heterocycles.